The highest BCUT2D eigenvalue weighted by atomic mass is 35.5. The summed E-state index contributed by atoms with van der Waals surface area (Å²) in [4.78, 5) is 0. The van der Waals surface area contributed by atoms with Gasteiger partial charge in [0.1, 0.15) is 5.75 Å². The van der Waals surface area contributed by atoms with Crippen molar-refractivity contribution in [3.63, 3.8) is 0 Å². The standard InChI is InChI=1S/C19H19ClN2O2S/c1-12-8-13(2)17(14(3)9-12)11-25-19-22-21-18(24-19)10-23-16-6-4-15(20)5-7-16/h4-9H,10-11H2,1-3H3. The van der Waals surface area contributed by atoms with E-state index in [-0.39, 0.29) is 6.61 Å². The molecule has 0 unspecified atom stereocenters. The van der Waals surface area contributed by atoms with Crippen LogP contribution < -0.4 is 4.74 Å². The van der Waals surface area contributed by atoms with Gasteiger partial charge in [0.05, 0.1) is 0 Å². The van der Waals surface area contributed by atoms with Crippen LogP contribution in [0.5, 0.6) is 5.75 Å². The third-order valence-electron chi connectivity index (χ3n) is 3.80. The molecule has 25 heavy (non-hydrogen) atoms. The topological polar surface area (TPSA) is 48.2 Å². The molecule has 1 aromatic heterocycles. The van der Waals surface area contributed by atoms with Gasteiger partial charge < -0.3 is 9.15 Å². The maximum Gasteiger partial charge on any atom is 0.277 e. The lowest BCUT2D eigenvalue weighted by molar-refractivity contribution is 0.252. The van der Waals surface area contributed by atoms with Gasteiger partial charge in [-0.1, -0.05) is 41.1 Å². The van der Waals surface area contributed by atoms with E-state index in [0.717, 1.165) is 5.75 Å². The van der Waals surface area contributed by atoms with E-state index in [1.165, 1.54) is 34.0 Å². The van der Waals surface area contributed by atoms with Gasteiger partial charge in [0, 0.05) is 10.8 Å². The molecule has 4 nitrogen and oxygen atoms in total. The molecule has 0 bridgehead atoms. The lowest BCUT2D eigenvalue weighted by Crippen LogP contribution is -1.95. The average molecular weight is 375 g/mol. The Balaban J connectivity index is 1.58. The first-order chi connectivity index (χ1) is 12.0. The van der Waals surface area contributed by atoms with Crippen molar-refractivity contribution in [3.8, 4) is 5.75 Å². The van der Waals surface area contributed by atoms with Crippen molar-refractivity contribution in [2.24, 2.45) is 0 Å². The highest BCUT2D eigenvalue weighted by molar-refractivity contribution is 7.98. The summed E-state index contributed by atoms with van der Waals surface area (Å²) < 4.78 is 11.3. The summed E-state index contributed by atoms with van der Waals surface area (Å²) in [6.07, 6.45) is 0. The van der Waals surface area contributed by atoms with Crippen LogP contribution in [-0.4, -0.2) is 10.2 Å². The van der Waals surface area contributed by atoms with Gasteiger partial charge in [-0.25, -0.2) is 0 Å². The van der Waals surface area contributed by atoms with E-state index >= 15 is 0 Å². The average Bonchev–Trinajstić information content (AvgIpc) is 3.01. The monoisotopic (exact) mass is 374 g/mol. The van der Waals surface area contributed by atoms with Crippen molar-refractivity contribution in [2.75, 3.05) is 0 Å². The Morgan fingerprint density at radius 1 is 1.04 bits per heavy atom. The number of hydrogen-bond donors (Lipinski definition) is 0. The minimum absolute atomic E-state index is 0.234. The second-order valence-electron chi connectivity index (χ2n) is 5.87. The number of ether oxygens (including phenoxy) is 1. The van der Waals surface area contributed by atoms with Gasteiger partial charge >= 0.3 is 0 Å². The zero-order valence-corrected chi connectivity index (χ0v) is 15.9. The summed E-state index contributed by atoms with van der Waals surface area (Å²) >= 11 is 7.39. The molecule has 0 saturated carbocycles. The molecule has 0 aliphatic heterocycles. The van der Waals surface area contributed by atoms with E-state index in [1.54, 1.807) is 24.3 Å². The Morgan fingerprint density at radius 3 is 2.40 bits per heavy atom. The molecular weight excluding hydrogens is 356 g/mol. The number of nitrogens with zero attached hydrogens (tertiary/aromatic N) is 2. The normalized spacial score (nSPS) is 10.9. The second-order valence-corrected chi connectivity index (χ2v) is 7.23. The molecule has 2 aromatic carbocycles. The number of hydrogen-bond acceptors (Lipinski definition) is 5. The molecule has 130 valence electrons. The fourth-order valence-electron chi connectivity index (χ4n) is 2.60. The van der Waals surface area contributed by atoms with Crippen molar-refractivity contribution < 1.29 is 9.15 Å². The smallest absolute Gasteiger partial charge is 0.277 e. The first-order valence-electron chi connectivity index (χ1n) is 7.91. The predicted octanol–water partition coefficient (Wildman–Crippen LogP) is 5.52. The minimum Gasteiger partial charge on any atom is -0.484 e. The highest BCUT2D eigenvalue weighted by Gasteiger charge is 2.10. The van der Waals surface area contributed by atoms with Crippen LogP contribution in [0.2, 0.25) is 5.02 Å². The Kier molecular flexibility index (Phi) is 5.66. The fourth-order valence-corrected chi connectivity index (χ4v) is 3.71. The van der Waals surface area contributed by atoms with Crippen LogP contribution in [-0.2, 0) is 12.4 Å². The second kappa shape index (κ2) is 7.93. The molecule has 0 N–H and O–H groups in total. The first kappa shape index (κ1) is 17.8. The van der Waals surface area contributed by atoms with E-state index in [2.05, 4.69) is 43.1 Å². The van der Waals surface area contributed by atoms with Gasteiger partial charge in [0.25, 0.3) is 11.1 Å². The Bertz CT molecular complexity index is 839. The third-order valence-corrected chi connectivity index (χ3v) is 4.90. The van der Waals surface area contributed by atoms with Gasteiger partial charge in [0.2, 0.25) is 0 Å². The maximum absolute atomic E-state index is 5.85. The van der Waals surface area contributed by atoms with Gasteiger partial charge in [-0.15, -0.1) is 10.2 Å². The first-order valence-corrected chi connectivity index (χ1v) is 9.28. The number of aryl methyl sites for hydroxylation is 3. The molecule has 3 aromatic rings. The zero-order chi connectivity index (χ0) is 17.8. The summed E-state index contributed by atoms with van der Waals surface area (Å²) in [5.74, 6) is 1.97. The SMILES string of the molecule is Cc1cc(C)c(CSc2nnc(COc3ccc(Cl)cc3)o2)c(C)c1. The zero-order valence-electron chi connectivity index (χ0n) is 14.4. The molecule has 6 heteroatoms. The van der Waals surface area contributed by atoms with Gasteiger partial charge in [0.15, 0.2) is 6.61 Å². The van der Waals surface area contributed by atoms with Crippen molar-refractivity contribution in [1.29, 1.82) is 0 Å². The number of thioether (sulfide) groups is 1. The van der Waals surface area contributed by atoms with Crippen LogP contribution in [0.25, 0.3) is 0 Å². The quantitative estimate of drug-likeness (QED) is 0.531. The summed E-state index contributed by atoms with van der Waals surface area (Å²) in [5, 5.41) is 9.33. The van der Waals surface area contributed by atoms with E-state index in [9.17, 15) is 0 Å². The highest BCUT2D eigenvalue weighted by Crippen LogP contribution is 2.26. The van der Waals surface area contributed by atoms with E-state index < -0.39 is 0 Å². The summed E-state index contributed by atoms with van der Waals surface area (Å²) in [7, 11) is 0. The molecule has 0 atom stereocenters. The largest absolute Gasteiger partial charge is 0.484 e. The van der Waals surface area contributed by atoms with Gasteiger partial charge in [-0.3, -0.25) is 0 Å². The molecule has 0 saturated heterocycles. The number of halogens is 1. The Hall–Kier alpha value is -1.98. The lowest BCUT2D eigenvalue weighted by Gasteiger charge is -2.09. The number of aromatic nitrogens is 2. The Morgan fingerprint density at radius 2 is 1.72 bits per heavy atom. The van der Waals surface area contributed by atoms with Crippen LogP contribution in [0.4, 0.5) is 0 Å². The maximum atomic E-state index is 5.85. The van der Waals surface area contributed by atoms with Crippen molar-refractivity contribution >= 4 is 23.4 Å². The number of rotatable bonds is 6. The van der Waals surface area contributed by atoms with Crippen LogP contribution in [0.15, 0.2) is 46.0 Å². The van der Waals surface area contributed by atoms with Crippen molar-refractivity contribution in [3.05, 3.63) is 69.6 Å². The van der Waals surface area contributed by atoms with Crippen LogP contribution in [0.3, 0.4) is 0 Å². The third kappa shape index (κ3) is 4.77. The van der Waals surface area contributed by atoms with E-state index in [4.69, 9.17) is 20.8 Å². The number of benzene rings is 2. The molecule has 0 fully saturated rings. The van der Waals surface area contributed by atoms with Gasteiger partial charge in [-0.05, 0) is 61.7 Å². The molecule has 0 aliphatic carbocycles. The summed E-state index contributed by atoms with van der Waals surface area (Å²) in [6.45, 7) is 6.61. The van der Waals surface area contributed by atoms with Crippen LogP contribution in [0, 0.1) is 20.8 Å². The predicted molar refractivity (Wildman–Crippen MR) is 100 cm³/mol. The molecular formula is C19H19ClN2O2S. The minimum atomic E-state index is 0.234. The molecule has 3 rings (SSSR count). The van der Waals surface area contributed by atoms with Crippen molar-refractivity contribution in [2.45, 2.75) is 38.4 Å². The Labute approximate surface area is 156 Å². The lowest BCUT2D eigenvalue weighted by atomic mass is 10.0. The summed E-state index contributed by atoms with van der Waals surface area (Å²) in [5.41, 5.74) is 5.17. The van der Waals surface area contributed by atoms with E-state index in [0.29, 0.717) is 21.9 Å². The molecule has 1 heterocycles. The molecule has 0 aliphatic rings. The summed E-state index contributed by atoms with van der Waals surface area (Å²) in [6, 6.07) is 11.6. The van der Waals surface area contributed by atoms with Crippen LogP contribution >= 0.6 is 23.4 Å². The van der Waals surface area contributed by atoms with Crippen LogP contribution in [0.1, 0.15) is 28.1 Å². The molecule has 0 radical (unpaired) electrons. The van der Waals surface area contributed by atoms with Crippen molar-refractivity contribution in [1.82, 2.24) is 10.2 Å². The van der Waals surface area contributed by atoms with E-state index in [1.807, 2.05) is 0 Å². The van der Waals surface area contributed by atoms with Gasteiger partial charge in [-0.2, -0.15) is 0 Å². The molecule has 0 amide bonds. The molecule has 0 spiro atoms. The fraction of sp³-hybridized carbons (Fsp3) is 0.263.